The Morgan fingerprint density at radius 3 is 2.15 bits per heavy atom. The lowest BCUT2D eigenvalue weighted by molar-refractivity contribution is 0.238. The molecule has 0 bridgehead atoms. The van der Waals surface area contributed by atoms with E-state index in [1.165, 1.54) is 24.8 Å². The second kappa shape index (κ2) is 7.28. The molecule has 1 aromatic rings. The highest BCUT2D eigenvalue weighted by atomic mass is 79.9. The van der Waals surface area contributed by atoms with E-state index in [1.807, 2.05) is 0 Å². The van der Waals surface area contributed by atoms with Crippen molar-refractivity contribution in [2.75, 3.05) is 7.11 Å². The SMILES string of the molecule is COc1c(Br)cc(CNC2CC(C)CC(C)C2)cc1Br. The Labute approximate surface area is 138 Å². The number of methoxy groups -OCH3 is 1. The quantitative estimate of drug-likeness (QED) is 0.750. The molecule has 0 amide bonds. The van der Waals surface area contributed by atoms with Gasteiger partial charge in [-0.25, -0.2) is 0 Å². The van der Waals surface area contributed by atoms with E-state index in [1.54, 1.807) is 7.11 Å². The number of benzene rings is 1. The number of hydrogen-bond acceptors (Lipinski definition) is 2. The molecule has 0 aromatic heterocycles. The van der Waals surface area contributed by atoms with E-state index >= 15 is 0 Å². The fourth-order valence-corrected chi connectivity index (χ4v) is 4.89. The summed E-state index contributed by atoms with van der Waals surface area (Å²) in [7, 11) is 1.69. The van der Waals surface area contributed by atoms with Crippen LogP contribution in [0.5, 0.6) is 5.75 Å². The Morgan fingerprint density at radius 1 is 1.10 bits per heavy atom. The first-order valence-electron chi connectivity index (χ1n) is 7.25. The number of rotatable bonds is 4. The Balaban J connectivity index is 1.97. The van der Waals surface area contributed by atoms with Gasteiger partial charge in [-0.1, -0.05) is 13.8 Å². The highest BCUT2D eigenvalue weighted by Gasteiger charge is 2.23. The van der Waals surface area contributed by atoms with Gasteiger partial charge in [0.1, 0.15) is 5.75 Å². The van der Waals surface area contributed by atoms with Crippen molar-refractivity contribution in [2.45, 2.75) is 45.7 Å². The zero-order chi connectivity index (χ0) is 14.7. The minimum absolute atomic E-state index is 0.647. The molecule has 4 heteroatoms. The molecule has 1 aromatic carbocycles. The van der Waals surface area contributed by atoms with Crippen molar-refractivity contribution in [2.24, 2.45) is 11.8 Å². The van der Waals surface area contributed by atoms with Crippen molar-refractivity contribution in [3.8, 4) is 5.75 Å². The highest BCUT2D eigenvalue weighted by Crippen LogP contribution is 2.34. The maximum absolute atomic E-state index is 5.34. The van der Waals surface area contributed by atoms with Gasteiger partial charge >= 0.3 is 0 Å². The first-order valence-corrected chi connectivity index (χ1v) is 8.83. The Hall–Kier alpha value is -0.0600. The monoisotopic (exact) mass is 403 g/mol. The third-order valence-corrected chi connectivity index (χ3v) is 5.21. The smallest absolute Gasteiger partial charge is 0.147 e. The molecule has 2 nitrogen and oxygen atoms in total. The maximum atomic E-state index is 5.34. The lowest BCUT2D eigenvalue weighted by Gasteiger charge is -2.32. The minimum atomic E-state index is 0.647. The molecule has 112 valence electrons. The lowest BCUT2D eigenvalue weighted by atomic mass is 9.80. The van der Waals surface area contributed by atoms with Crippen LogP contribution in [0, 0.1) is 11.8 Å². The van der Waals surface area contributed by atoms with Crippen LogP contribution in [0.25, 0.3) is 0 Å². The summed E-state index contributed by atoms with van der Waals surface area (Å²) < 4.78 is 7.33. The number of ether oxygens (including phenoxy) is 1. The molecule has 20 heavy (non-hydrogen) atoms. The lowest BCUT2D eigenvalue weighted by Crippen LogP contribution is -2.35. The van der Waals surface area contributed by atoms with E-state index in [4.69, 9.17) is 4.74 Å². The van der Waals surface area contributed by atoms with E-state index in [0.717, 1.165) is 33.1 Å². The molecule has 1 saturated carbocycles. The summed E-state index contributed by atoms with van der Waals surface area (Å²) in [5.74, 6) is 2.53. The van der Waals surface area contributed by atoms with Crippen molar-refractivity contribution < 1.29 is 4.74 Å². The van der Waals surface area contributed by atoms with Crippen molar-refractivity contribution in [1.82, 2.24) is 5.32 Å². The van der Waals surface area contributed by atoms with Crippen LogP contribution in [-0.2, 0) is 6.54 Å². The molecule has 1 fully saturated rings. The van der Waals surface area contributed by atoms with E-state index < -0.39 is 0 Å². The van der Waals surface area contributed by atoms with E-state index in [9.17, 15) is 0 Å². The minimum Gasteiger partial charge on any atom is -0.494 e. The molecule has 1 N–H and O–H groups in total. The summed E-state index contributed by atoms with van der Waals surface area (Å²) in [6.07, 6.45) is 3.96. The van der Waals surface area contributed by atoms with Gasteiger partial charge in [-0.15, -0.1) is 0 Å². The van der Waals surface area contributed by atoms with Crippen LogP contribution < -0.4 is 10.1 Å². The fourth-order valence-electron chi connectivity index (χ4n) is 3.29. The van der Waals surface area contributed by atoms with Gasteiger partial charge in [-0.3, -0.25) is 0 Å². The molecule has 0 heterocycles. The third-order valence-electron chi connectivity index (χ3n) is 4.04. The number of halogens is 2. The normalized spacial score (nSPS) is 26.6. The van der Waals surface area contributed by atoms with Crippen molar-refractivity contribution in [3.63, 3.8) is 0 Å². The molecule has 2 unspecified atom stereocenters. The number of hydrogen-bond donors (Lipinski definition) is 1. The summed E-state index contributed by atoms with van der Waals surface area (Å²) in [4.78, 5) is 0. The van der Waals surface area contributed by atoms with Crippen LogP contribution >= 0.6 is 31.9 Å². The topological polar surface area (TPSA) is 21.3 Å². The molecule has 0 radical (unpaired) electrons. The molecule has 2 rings (SSSR count). The van der Waals surface area contributed by atoms with E-state index in [2.05, 4.69) is 63.2 Å². The standard InChI is InChI=1S/C16H23Br2NO/c1-10-4-11(2)6-13(5-10)19-9-12-7-14(17)16(20-3)15(18)8-12/h7-8,10-11,13,19H,4-6,9H2,1-3H3. The summed E-state index contributed by atoms with van der Waals surface area (Å²) >= 11 is 7.12. The number of nitrogens with one attached hydrogen (secondary N) is 1. The summed E-state index contributed by atoms with van der Waals surface area (Å²) in [6, 6.07) is 4.91. The predicted molar refractivity (Wildman–Crippen MR) is 91.2 cm³/mol. The van der Waals surface area contributed by atoms with Crippen molar-refractivity contribution in [1.29, 1.82) is 0 Å². The van der Waals surface area contributed by atoms with Crippen LogP contribution in [0.15, 0.2) is 21.1 Å². The van der Waals surface area contributed by atoms with Crippen molar-refractivity contribution >= 4 is 31.9 Å². The van der Waals surface area contributed by atoms with Gasteiger partial charge in [-0.05, 0) is 80.7 Å². The molecule has 0 aliphatic heterocycles. The van der Waals surface area contributed by atoms with Gasteiger partial charge in [-0.2, -0.15) is 0 Å². The molecule has 0 spiro atoms. The van der Waals surface area contributed by atoms with Crippen LogP contribution in [0.3, 0.4) is 0 Å². The molecule has 1 aliphatic rings. The highest BCUT2D eigenvalue weighted by molar-refractivity contribution is 9.11. The molecule has 0 saturated heterocycles. The zero-order valence-corrected chi connectivity index (χ0v) is 15.6. The van der Waals surface area contributed by atoms with Gasteiger partial charge in [0.15, 0.2) is 0 Å². The van der Waals surface area contributed by atoms with Crippen LogP contribution in [0.4, 0.5) is 0 Å². The third kappa shape index (κ3) is 4.22. The molecular formula is C16H23Br2NO. The maximum Gasteiger partial charge on any atom is 0.147 e. The summed E-state index contributed by atoms with van der Waals surface area (Å²) in [5.41, 5.74) is 1.27. The second-order valence-electron chi connectivity index (χ2n) is 6.09. The van der Waals surface area contributed by atoms with Crippen LogP contribution in [0.2, 0.25) is 0 Å². The second-order valence-corrected chi connectivity index (χ2v) is 7.80. The molecule has 2 atom stereocenters. The van der Waals surface area contributed by atoms with E-state index in [-0.39, 0.29) is 0 Å². The average Bonchev–Trinajstić information content (AvgIpc) is 2.35. The van der Waals surface area contributed by atoms with Gasteiger partial charge in [0, 0.05) is 12.6 Å². The van der Waals surface area contributed by atoms with Crippen LogP contribution in [0.1, 0.15) is 38.7 Å². The first-order chi connectivity index (χ1) is 9.49. The largest absolute Gasteiger partial charge is 0.494 e. The Bertz CT molecular complexity index is 431. The Kier molecular flexibility index (Phi) is 5.94. The van der Waals surface area contributed by atoms with Crippen molar-refractivity contribution in [3.05, 3.63) is 26.6 Å². The average molecular weight is 405 g/mol. The summed E-state index contributed by atoms with van der Waals surface area (Å²) in [5, 5.41) is 3.71. The van der Waals surface area contributed by atoms with E-state index in [0.29, 0.717) is 6.04 Å². The summed E-state index contributed by atoms with van der Waals surface area (Å²) in [6.45, 7) is 5.64. The Morgan fingerprint density at radius 2 is 1.65 bits per heavy atom. The molecular weight excluding hydrogens is 382 g/mol. The zero-order valence-electron chi connectivity index (χ0n) is 12.4. The van der Waals surface area contributed by atoms with Gasteiger partial charge in [0.05, 0.1) is 16.1 Å². The fraction of sp³-hybridized carbons (Fsp3) is 0.625. The predicted octanol–water partition coefficient (Wildman–Crippen LogP) is 5.13. The van der Waals surface area contributed by atoms with Gasteiger partial charge < -0.3 is 10.1 Å². The van der Waals surface area contributed by atoms with Gasteiger partial charge in [0.2, 0.25) is 0 Å². The van der Waals surface area contributed by atoms with Gasteiger partial charge in [0.25, 0.3) is 0 Å². The van der Waals surface area contributed by atoms with Crippen LogP contribution in [-0.4, -0.2) is 13.2 Å². The first kappa shape index (κ1) is 16.3. The molecule has 1 aliphatic carbocycles.